The van der Waals surface area contributed by atoms with Crippen LogP contribution in [0.5, 0.6) is 0 Å². The van der Waals surface area contributed by atoms with E-state index in [2.05, 4.69) is 16.8 Å². The highest BCUT2D eigenvalue weighted by atomic mass is 127. The lowest BCUT2D eigenvalue weighted by atomic mass is 9.82. The molecular weight excluding hydrogens is 429 g/mol. The Kier molecular flexibility index (Phi) is 6.09. The van der Waals surface area contributed by atoms with E-state index in [-0.39, 0.29) is 24.0 Å². The summed E-state index contributed by atoms with van der Waals surface area (Å²) in [4.78, 5) is 7.21. The molecule has 4 rings (SSSR count). The molecule has 138 valence electrons. The van der Waals surface area contributed by atoms with Gasteiger partial charge in [0.25, 0.3) is 0 Å². The number of ether oxygens (including phenoxy) is 1. The minimum absolute atomic E-state index is 0. The van der Waals surface area contributed by atoms with Crippen LogP contribution in [0.4, 0.5) is 0 Å². The molecule has 25 heavy (non-hydrogen) atoms. The van der Waals surface area contributed by atoms with Crippen molar-refractivity contribution in [3.63, 3.8) is 0 Å². The van der Waals surface area contributed by atoms with Crippen LogP contribution in [0.3, 0.4) is 0 Å². The van der Waals surface area contributed by atoms with E-state index in [1.54, 1.807) is 6.26 Å². The molecule has 0 radical (unpaired) electrons. The fourth-order valence-electron chi connectivity index (χ4n) is 4.36. The van der Waals surface area contributed by atoms with Gasteiger partial charge in [-0.15, -0.1) is 24.0 Å². The molecule has 0 amide bonds. The van der Waals surface area contributed by atoms with Gasteiger partial charge in [0, 0.05) is 37.9 Å². The number of furan rings is 1. The molecule has 0 saturated carbocycles. The lowest BCUT2D eigenvalue weighted by Crippen LogP contribution is -2.42. The van der Waals surface area contributed by atoms with E-state index >= 15 is 0 Å². The SMILES string of the molecule is C=C(C)CN=C(NCCc1ccco1)N1CC2C3CCC(O3)C2C1.I. The molecule has 3 saturated heterocycles. The van der Waals surface area contributed by atoms with E-state index in [1.807, 2.05) is 19.1 Å². The predicted molar refractivity (Wildman–Crippen MR) is 109 cm³/mol. The van der Waals surface area contributed by atoms with Crippen molar-refractivity contribution in [3.05, 3.63) is 36.3 Å². The van der Waals surface area contributed by atoms with Crippen LogP contribution in [-0.4, -0.2) is 49.2 Å². The lowest BCUT2D eigenvalue weighted by molar-refractivity contribution is 0.0767. The van der Waals surface area contributed by atoms with Gasteiger partial charge in [0.05, 0.1) is 25.0 Å². The van der Waals surface area contributed by atoms with Crippen LogP contribution >= 0.6 is 24.0 Å². The molecule has 3 fully saturated rings. The summed E-state index contributed by atoms with van der Waals surface area (Å²) in [7, 11) is 0. The van der Waals surface area contributed by atoms with Crippen molar-refractivity contribution in [3.8, 4) is 0 Å². The average Bonchev–Trinajstić information content (AvgIpc) is 3.32. The van der Waals surface area contributed by atoms with Gasteiger partial charge < -0.3 is 19.4 Å². The highest BCUT2D eigenvalue weighted by molar-refractivity contribution is 14.0. The Morgan fingerprint density at radius 3 is 2.64 bits per heavy atom. The molecule has 6 heteroatoms. The first kappa shape index (κ1) is 18.8. The van der Waals surface area contributed by atoms with Crippen molar-refractivity contribution in [1.82, 2.24) is 10.2 Å². The molecule has 4 heterocycles. The Labute approximate surface area is 166 Å². The van der Waals surface area contributed by atoms with E-state index in [1.165, 1.54) is 12.8 Å². The van der Waals surface area contributed by atoms with Crippen LogP contribution in [0.25, 0.3) is 0 Å². The summed E-state index contributed by atoms with van der Waals surface area (Å²) in [6.45, 7) is 9.64. The van der Waals surface area contributed by atoms with E-state index in [9.17, 15) is 0 Å². The van der Waals surface area contributed by atoms with Crippen LogP contribution in [0.15, 0.2) is 40.0 Å². The zero-order valence-electron chi connectivity index (χ0n) is 14.8. The summed E-state index contributed by atoms with van der Waals surface area (Å²) in [5.41, 5.74) is 1.09. The van der Waals surface area contributed by atoms with Gasteiger partial charge >= 0.3 is 0 Å². The zero-order chi connectivity index (χ0) is 16.5. The summed E-state index contributed by atoms with van der Waals surface area (Å²) < 4.78 is 11.5. The van der Waals surface area contributed by atoms with Crippen LogP contribution in [0, 0.1) is 11.8 Å². The van der Waals surface area contributed by atoms with Crippen molar-refractivity contribution < 1.29 is 9.15 Å². The summed E-state index contributed by atoms with van der Waals surface area (Å²) in [6.07, 6.45) is 6.04. The quantitative estimate of drug-likeness (QED) is 0.320. The van der Waals surface area contributed by atoms with Gasteiger partial charge in [0.15, 0.2) is 5.96 Å². The smallest absolute Gasteiger partial charge is 0.194 e. The third-order valence-corrected chi connectivity index (χ3v) is 5.49. The standard InChI is InChI=1S/C19H27N3O2.HI/c1-13(2)10-21-19(20-8-7-14-4-3-9-23-14)22-11-15-16(12-22)18-6-5-17(15)24-18;/h3-4,9,15-18H,1,5-8,10-12H2,2H3,(H,20,21);1H. The molecular formula is C19H28IN3O2. The molecule has 3 aliphatic heterocycles. The van der Waals surface area contributed by atoms with Crippen LogP contribution in [-0.2, 0) is 11.2 Å². The fraction of sp³-hybridized carbons (Fsp3) is 0.632. The molecule has 5 nitrogen and oxygen atoms in total. The highest BCUT2D eigenvalue weighted by Gasteiger charge is 2.53. The Balaban J connectivity index is 0.00000182. The summed E-state index contributed by atoms with van der Waals surface area (Å²) >= 11 is 0. The van der Waals surface area contributed by atoms with Crippen molar-refractivity contribution >= 4 is 29.9 Å². The molecule has 1 aromatic rings. The number of nitrogens with zero attached hydrogens (tertiary/aromatic N) is 2. The van der Waals surface area contributed by atoms with Gasteiger partial charge in [-0.25, -0.2) is 4.99 Å². The molecule has 2 bridgehead atoms. The fourth-order valence-corrected chi connectivity index (χ4v) is 4.36. The van der Waals surface area contributed by atoms with Crippen molar-refractivity contribution in [2.75, 3.05) is 26.2 Å². The first-order valence-corrected chi connectivity index (χ1v) is 9.06. The molecule has 4 atom stereocenters. The topological polar surface area (TPSA) is 50.0 Å². The van der Waals surface area contributed by atoms with Crippen LogP contribution in [0.2, 0.25) is 0 Å². The molecule has 3 aliphatic rings. The Morgan fingerprint density at radius 1 is 1.32 bits per heavy atom. The van der Waals surface area contributed by atoms with Gasteiger partial charge in [0.2, 0.25) is 0 Å². The Morgan fingerprint density at radius 2 is 2.04 bits per heavy atom. The maximum Gasteiger partial charge on any atom is 0.194 e. The summed E-state index contributed by atoms with van der Waals surface area (Å²) in [5, 5.41) is 3.53. The summed E-state index contributed by atoms with van der Waals surface area (Å²) in [5.74, 6) is 3.39. The maximum atomic E-state index is 6.08. The van der Waals surface area contributed by atoms with E-state index < -0.39 is 0 Å². The largest absolute Gasteiger partial charge is 0.469 e. The minimum Gasteiger partial charge on any atom is -0.469 e. The number of halogens is 1. The number of hydrogen-bond donors (Lipinski definition) is 1. The first-order chi connectivity index (χ1) is 11.7. The number of fused-ring (bicyclic) bond motifs is 5. The molecule has 0 spiro atoms. The van der Waals surface area contributed by atoms with Gasteiger partial charge in [-0.05, 0) is 31.9 Å². The number of rotatable bonds is 5. The second-order valence-corrected chi connectivity index (χ2v) is 7.38. The highest BCUT2D eigenvalue weighted by Crippen LogP contribution is 2.47. The van der Waals surface area contributed by atoms with Gasteiger partial charge in [-0.1, -0.05) is 12.2 Å². The van der Waals surface area contributed by atoms with Gasteiger partial charge in [0.1, 0.15) is 5.76 Å². The number of nitrogens with one attached hydrogen (secondary N) is 1. The first-order valence-electron chi connectivity index (χ1n) is 9.06. The van der Waals surface area contributed by atoms with Crippen LogP contribution < -0.4 is 5.32 Å². The number of hydrogen-bond acceptors (Lipinski definition) is 3. The Bertz CT molecular complexity index is 598. The molecule has 0 aromatic carbocycles. The second kappa shape index (κ2) is 8.12. The predicted octanol–water partition coefficient (Wildman–Crippen LogP) is 3.07. The van der Waals surface area contributed by atoms with E-state index in [4.69, 9.17) is 14.1 Å². The third kappa shape index (κ3) is 4.05. The lowest BCUT2D eigenvalue weighted by Gasteiger charge is -2.23. The number of aliphatic imine (C=N–C) groups is 1. The monoisotopic (exact) mass is 457 g/mol. The molecule has 0 aliphatic carbocycles. The second-order valence-electron chi connectivity index (χ2n) is 7.38. The Hall–Kier alpha value is -1.02. The number of guanidine groups is 1. The molecule has 4 unspecified atom stereocenters. The van der Waals surface area contributed by atoms with E-state index in [0.717, 1.165) is 43.3 Å². The summed E-state index contributed by atoms with van der Waals surface area (Å²) in [6, 6.07) is 3.95. The normalized spacial score (nSPS) is 30.3. The van der Waals surface area contributed by atoms with Crippen molar-refractivity contribution in [2.45, 2.75) is 38.4 Å². The van der Waals surface area contributed by atoms with Crippen LogP contribution in [0.1, 0.15) is 25.5 Å². The van der Waals surface area contributed by atoms with Gasteiger partial charge in [-0.2, -0.15) is 0 Å². The molecule has 1 N–H and O–H groups in total. The number of likely N-dealkylation sites (tertiary alicyclic amines) is 1. The van der Waals surface area contributed by atoms with Crippen molar-refractivity contribution in [1.29, 1.82) is 0 Å². The maximum absolute atomic E-state index is 6.08. The zero-order valence-corrected chi connectivity index (χ0v) is 17.1. The average molecular weight is 457 g/mol. The van der Waals surface area contributed by atoms with Crippen molar-refractivity contribution in [2.24, 2.45) is 16.8 Å². The molecule has 1 aromatic heterocycles. The minimum atomic E-state index is 0. The third-order valence-electron chi connectivity index (χ3n) is 5.49. The van der Waals surface area contributed by atoms with Gasteiger partial charge in [-0.3, -0.25) is 0 Å². The van der Waals surface area contributed by atoms with E-state index in [0.29, 0.717) is 30.6 Å².